The van der Waals surface area contributed by atoms with Crippen molar-refractivity contribution < 1.29 is 28.6 Å². The number of esters is 2. The van der Waals surface area contributed by atoms with Crippen molar-refractivity contribution in [2.45, 2.75) is 19.8 Å². The van der Waals surface area contributed by atoms with E-state index in [1.54, 1.807) is 48.5 Å². The van der Waals surface area contributed by atoms with Crippen LogP contribution >= 0.6 is 15.9 Å². The van der Waals surface area contributed by atoms with Gasteiger partial charge in [0.15, 0.2) is 11.5 Å². The van der Waals surface area contributed by atoms with Gasteiger partial charge in [0.1, 0.15) is 5.75 Å². The smallest absolute Gasteiger partial charge is 0.336 e. The molecule has 1 amide bonds. The van der Waals surface area contributed by atoms with Crippen molar-refractivity contribution in [1.29, 1.82) is 0 Å². The molecule has 30 heavy (non-hydrogen) atoms. The monoisotopic (exact) mass is 475 g/mol. The third-order valence-corrected chi connectivity index (χ3v) is 4.29. The molecule has 0 aromatic heterocycles. The zero-order chi connectivity index (χ0) is 21.9. The molecular formula is C22H22BrNO6. The minimum atomic E-state index is -0.563. The van der Waals surface area contributed by atoms with E-state index in [4.69, 9.17) is 14.2 Å². The Morgan fingerprint density at radius 3 is 2.40 bits per heavy atom. The number of hydrogen-bond acceptors (Lipinski definition) is 6. The van der Waals surface area contributed by atoms with Crippen LogP contribution in [0.4, 0.5) is 5.69 Å². The van der Waals surface area contributed by atoms with Gasteiger partial charge in [0.25, 0.3) is 0 Å². The average Bonchev–Trinajstić information content (AvgIpc) is 2.72. The van der Waals surface area contributed by atoms with Gasteiger partial charge in [-0.25, -0.2) is 4.79 Å². The van der Waals surface area contributed by atoms with E-state index in [0.717, 1.165) is 5.33 Å². The zero-order valence-corrected chi connectivity index (χ0v) is 18.2. The highest BCUT2D eigenvalue weighted by Gasteiger charge is 2.10. The molecule has 158 valence electrons. The molecule has 0 aliphatic rings. The molecule has 0 spiro atoms. The van der Waals surface area contributed by atoms with Gasteiger partial charge < -0.3 is 19.5 Å². The molecular weight excluding hydrogens is 454 g/mol. The van der Waals surface area contributed by atoms with E-state index in [1.807, 2.05) is 0 Å². The lowest BCUT2D eigenvalue weighted by molar-refractivity contribution is -0.134. The van der Waals surface area contributed by atoms with Crippen molar-refractivity contribution >= 4 is 45.5 Å². The summed E-state index contributed by atoms with van der Waals surface area (Å²) in [6.07, 6.45) is 3.82. The lowest BCUT2D eigenvalue weighted by Crippen LogP contribution is -2.08. The second-order valence-corrected chi connectivity index (χ2v) is 6.93. The molecule has 0 radical (unpaired) electrons. The highest BCUT2D eigenvalue weighted by molar-refractivity contribution is 9.09. The molecule has 0 saturated carbocycles. The van der Waals surface area contributed by atoms with Gasteiger partial charge >= 0.3 is 11.9 Å². The van der Waals surface area contributed by atoms with Crippen LogP contribution < -0.4 is 19.5 Å². The fraction of sp³-hybridized carbons (Fsp3) is 0.227. The summed E-state index contributed by atoms with van der Waals surface area (Å²) in [5.74, 6) is -0.0436. The Morgan fingerprint density at radius 2 is 1.77 bits per heavy atom. The number of hydrogen-bond donors (Lipinski definition) is 1. The summed E-state index contributed by atoms with van der Waals surface area (Å²) in [7, 11) is 1.47. The van der Waals surface area contributed by atoms with Crippen LogP contribution in [0.3, 0.4) is 0 Å². The van der Waals surface area contributed by atoms with E-state index in [1.165, 1.54) is 20.1 Å². The highest BCUT2D eigenvalue weighted by Crippen LogP contribution is 2.29. The average molecular weight is 476 g/mol. The first kappa shape index (κ1) is 23.2. The minimum absolute atomic E-state index is 0.183. The highest BCUT2D eigenvalue weighted by atomic mass is 79.9. The van der Waals surface area contributed by atoms with Crippen molar-refractivity contribution in [3.05, 3.63) is 54.1 Å². The largest absolute Gasteiger partial charge is 0.493 e. The van der Waals surface area contributed by atoms with Crippen molar-refractivity contribution in [2.75, 3.05) is 17.8 Å². The molecule has 0 heterocycles. The topological polar surface area (TPSA) is 90.9 Å². The number of ether oxygens (including phenoxy) is 3. The summed E-state index contributed by atoms with van der Waals surface area (Å²) in [5, 5.41) is 3.35. The van der Waals surface area contributed by atoms with Crippen LogP contribution in [0.15, 0.2) is 48.5 Å². The minimum Gasteiger partial charge on any atom is -0.493 e. The number of halogens is 1. The maximum atomic E-state index is 12.0. The number of methoxy groups -OCH3 is 1. The first-order chi connectivity index (χ1) is 14.4. The number of alkyl halides is 1. The Kier molecular flexibility index (Phi) is 9.08. The van der Waals surface area contributed by atoms with Crippen LogP contribution in [0.2, 0.25) is 0 Å². The van der Waals surface area contributed by atoms with Crippen molar-refractivity contribution in [3.8, 4) is 17.2 Å². The predicted molar refractivity (Wildman–Crippen MR) is 117 cm³/mol. The van der Waals surface area contributed by atoms with Crippen LogP contribution in [-0.4, -0.2) is 30.3 Å². The molecule has 8 heteroatoms. The number of anilines is 1. The Hall–Kier alpha value is -3.13. The number of nitrogens with one attached hydrogen (secondary N) is 1. The quantitative estimate of drug-likeness (QED) is 0.251. The molecule has 2 aromatic rings. The van der Waals surface area contributed by atoms with E-state index in [9.17, 15) is 14.4 Å². The zero-order valence-electron chi connectivity index (χ0n) is 16.6. The van der Waals surface area contributed by atoms with E-state index in [2.05, 4.69) is 21.2 Å². The maximum absolute atomic E-state index is 12.0. The van der Waals surface area contributed by atoms with E-state index >= 15 is 0 Å². The van der Waals surface area contributed by atoms with Gasteiger partial charge in [-0.1, -0.05) is 22.0 Å². The second kappa shape index (κ2) is 11.8. The molecule has 0 aliphatic heterocycles. The number of benzene rings is 2. The second-order valence-electron chi connectivity index (χ2n) is 6.14. The van der Waals surface area contributed by atoms with E-state index in [-0.39, 0.29) is 11.9 Å². The standard InChI is InChI=1S/C22H22BrNO6/c1-15(25)24-17-7-9-18(10-8-17)29-22(27)12-6-16-5-11-19(20(14-16)28-2)30-21(26)4-3-13-23/h5-12,14H,3-4,13H2,1-2H3,(H,24,25)/b12-6+. The number of carbonyl (C=O) groups is 3. The van der Waals surface area contributed by atoms with Crippen LogP contribution in [-0.2, 0) is 14.4 Å². The fourth-order valence-corrected chi connectivity index (χ4v) is 2.66. The first-order valence-electron chi connectivity index (χ1n) is 9.13. The van der Waals surface area contributed by atoms with Gasteiger partial charge in [0.2, 0.25) is 5.91 Å². The Labute approximate surface area is 183 Å². The number of amides is 1. The van der Waals surface area contributed by atoms with Gasteiger partial charge in [-0.15, -0.1) is 0 Å². The summed E-state index contributed by atoms with van der Waals surface area (Å²) in [6, 6.07) is 11.4. The third kappa shape index (κ3) is 7.71. The molecule has 2 aromatic carbocycles. The molecule has 7 nitrogen and oxygen atoms in total. The Morgan fingerprint density at radius 1 is 1.03 bits per heavy atom. The predicted octanol–water partition coefficient (Wildman–Crippen LogP) is 4.35. The van der Waals surface area contributed by atoms with Crippen LogP contribution in [0.1, 0.15) is 25.3 Å². The maximum Gasteiger partial charge on any atom is 0.336 e. The molecule has 0 saturated heterocycles. The normalized spacial score (nSPS) is 10.5. The van der Waals surface area contributed by atoms with Crippen molar-refractivity contribution in [2.24, 2.45) is 0 Å². The summed E-state index contributed by atoms with van der Waals surface area (Å²) < 4.78 is 15.8. The molecule has 0 fully saturated rings. The van der Waals surface area contributed by atoms with Gasteiger partial charge in [0.05, 0.1) is 7.11 Å². The van der Waals surface area contributed by atoms with Gasteiger partial charge in [-0.2, -0.15) is 0 Å². The fourth-order valence-electron chi connectivity index (χ4n) is 2.38. The molecule has 1 N–H and O–H groups in total. The summed E-state index contributed by atoms with van der Waals surface area (Å²) >= 11 is 3.27. The van der Waals surface area contributed by atoms with Crippen LogP contribution in [0, 0.1) is 0 Å². The molecule has 0 aliphatic carbocycles. The van der Waals surface area contributed by atoms with Crippen molar-refractivity contribution in [3.63, 3.8) is 0 Å². The van der Waals surface area contributed by atoms with Gasteiger partial charge in [0, 0.05) is 30.4 Å². The SMILES string of the molecule is COc1cc(/C=C/C(=O)Oc2ccc(NC(C)=O)cc2)ccc1OC(=O)CCCBr. The molecule has 2 rings (SSSR count). The number of rotatable bonds is 9. The summed E-state index contributed by atoms with van der Waals surface area (Å²) in [5.41, 5.74) is 1.28. The molecule has 0 atom stereocenters. The Bertz CT molecular complexity index is 924. The van der Waals surface area contributed by atoms with Crippen molar-refractivity contribution in [1.82, 2.24) is 0 Å². The van der Waals surface area contributed by atoms with Gasteiger partial charge in [-0.3, -0.25) is 9.59 Å². The van der Waals surface area contributed by atoms with Gasteiger partial charge in [-0.05, 0) is 54.5 Å². The lowest BCUT2D eigenvalue weighted by Gasteiger charge is -2.09. The molecule has 0 unspecified atom stereocenters. The van der Waals surface area contributed by atoms with Crippen LogP contribution in [0.5, 0.6) is 17.2 Å². The first-order valence-corrected chi connectivity index (χ1v) is 10.3. The lowest BCUT2D eigenvalue weighted by atomic mass is 10.2. The summed E-state index contributed by atoms with van der Waals surface area (Å²) in [4.78, 5) is 34.8. The Balaban J connectivity index is 1.98. The number of carbonyl (C=O) groups excluding carboxylic acids is 3. The van der Waals surface area contributed by atoms with E-state index in [0.29, 0.717) is 41.3 Å². The third-order valence-electron chi connectivity index (χ3n) is 3.73. The molecule has 0 bridgehead atoms. The van der Waals surface area contributed by atoms with E-state index < -0.39 is 5.97 Å². The van der Waals surface area contributed by atoms with Crippen LogP contribution in [0.25, 0.3) is 6.08 Å². The summed E-state index contributed by atoms with van der Waals surface area (Å²) in [6.45, 7) is 1.41.